The molecular formula is C9H19BrN2O2S. The van der Waals surface area contributed by atoms with E-state index < -0.39 is 10.2 Å². The molecule has 1 heterocycles. The molecule has 1 aliphatic rings. The monoisotopic (exact) mass is 298 g/mol. The van der Waals surface area contributed by atoms with Crippen LogP contribution in [0, 0.1) is 0 Å². The molecule has 1 rings (SSSR count). The number of halogens is 1. The zero-order valence-electron chi connectivity index (χ0n) is 9.32. The van der Waals surface area contributed by atoms with Gasteiger partial charge in [0.1, 0.15) is 0 Å². The lowest BCUT2D eigenvalue weighted by molar-refractivity contribution is 0.392. The molecule has 0 N–H and O–H groups in total. The Balaban J connectivity index is 2.52. The van der Waals surface area contributed by atoms with Crippen molar-refractivity contribution in [2.75, 3.05) is 26.7 Å². The van der Waals surface area contributed by atoms with Gasteiger partial charge in [0.05, 0.1) is 0 Å². The topological polar surface area (TPSA) is 40.6 Å². The molecule has 0 aliphatic carbocycles. The van der Waals surface area contributed by atoms with E-state index in [0.717, 1.165) is 19.3 Å². The van der Waals surface area contributed by atoms with E-state index in [0.29, 0.717) is 24.5 Å². The first-order chi connectivity index (χ1) is 6.94. The van der Waals surface area contributed by atoms with Gasteiger partial charge in [0, 0.05) is 31.5 Å². The summed E-state index contributed by atoms with van der Waals surface area (Å²) in [5.74, 6) is 0. The second-order valence-electron chi connectivity index (χ2n) is 4.00. The quantitative estimate of drug-likeness (QED) is 0.721. The normalized spacial score (nSPS) is 21.1. The maximum absolute atomic E-state index is 12.0. The molecule has 0 spiro atoms. The van der Waals surface area contributed by atoms with Crippen molar-refractivity contribution < 1.29 is 8.42 Å². The highest BCUT2D eigenvalue weighted by atomic mass is 79.9. The lowest BCUT2D eigenvalue weighted by Crippen LogP contribution is -2.40. The summed E-state index contributed by atoms with van der Waals surface area (Å²) in [6.07, 6.45) is 2.81. The molecule has 1 aliphatic heterocycles. The van der Waals surface area contributed by atoms with Crippen LogP contribution in [0.15, 0.2) is 0 Å². The van der Waals surface area contributed by atoms with Crippen LogP contribution in [0.1, 0.15) is 26.2 Å². The van der Waals surface area contributed by atoms with Gasteiger partial charge >= 0.3 is 0 Å². The first-order valence-electron chi connectivity index (χ1n) is 5.30. The van der Waals surface area contributed by atoms with Crippen molar-refractivity contribution in [1.82, 2.24) is 8.61 Å². The minimum absolute atomic E-state index is 0.355. The Labute approximate surface area is 101 Å². The van der Waals surface area contributed by atoms with E-state index in [1.54, 1.807) is 11.4 Å². The fraction of sp³-hybridized carbons (Fsp3) is 1.00. The highest BCUT2D eigenvalue weighted by Crippen LogP contribution is 2.16. The zero-order chi connectivity index (χ0) is 11.5. The molecule has 1 saturated heterocycles. The molecule has 1 atom stereocenters. The van der Waals surface area contributed by atoms with Crippen LogP contribution in [-0.2, 0) is 10.2 Å². The van der Waals surface area contributed by atoms with Crippen LogP contribution in [0.5, 0.6) is 0 Å². The van der Waals surface area contributed by atoms with E-state index in [1.807, 2.05) is 6.92 Å². The standard InChI is InChI=1S/C9H19BrN2O2S/c1-9(10)5-8-11(2)15(13,14)12-6-3-4-7-12/h9H,3-8H2,1-2H3. The first kappa shape index (κ1) is 13.4. The Hall–Kier alpha value is 0.350. The predicted molar refractivity (Wildman–Crippen MR) is 65.4 cm³/mol. The number of hydrogen-bond donors (Lipinski definition) is 0. The van der Waals surface area contributed by atoms with Gasteiger partial charge in [-0.15, -0.1) is 0 Å². The fourth-order valence-electron chi connectivity index (χ4n) is 1.59. The number of alkyl halides is 1. The average Bonchev–Trinajstić information content (AvgIpc) is 2.66. The molecule has 90 valence electrons. The van der Waals surface area contributed by atoms with Gasteiger partial charge in [-0.05, 0) is 19.3 Å². The molecule has 0 aromatic carbocycles. The van der Waals surface area contributed by atoms with Crippen LogP contribution in [0.3, 0.4) is 0 Å². The minimum Gasteiger partial charge on any atom is -0.195 e. The van der Waals surface area contributed by atoms with E-state index in [1.165, 1.54) is 4.31 Å². The minimum atomic E-state index is -3.19. The smallest absolute Gasteiger partial charge is 0.195 e. The maximum Gasteiger partial charge on any atom is 0.281 e. The van der Waals surface area contributed by atoms with Gasteiger partial charge in [-0.25, -0.2) is 0 Å². The second kappa shape index (κ2) is 5.61. The number of hydrogen-bond acceptors (Lipinski definition) is 2. The highest BCUT2D eigenvalue weighted by Gasteiger charge is 2.28. The van der Waals surface area contributed by atoms with Crippen molar-refractivity contribution in [2.45, 2.75) is 31.0 Å². The Morgan fingerprint density at radius 2 is 1.93 bits per heavy atom. The van der Waals surface area contributed by atoms with Crippen molar-refractivity contribution in [1.29, 1.82) is 0 Å². The van der Waals surface area contributed by atoms with Crippen LogP contribution in [0.25, 0.3) is 0 Å². The first-order valence-corrected chi connectivity index (χ1v) is 7.61. The van der Waals surface area contributed by atoms with Gasteiger partial charge in [-0.2, -0.15) is 17.0 Å². The summed E-state index contributed by atoms with van der Waals surface area (Å²) in [6, 6.07) is 0. The van der Waals surface area contributed by atoms with Crippen molar-refractivity contribution in [3.63, 3.8) is 0 Å². The van der Waals surface area contributed by atoms with E-state index in [9.17, 15) is 8.42 Å². The van der Waals surface area contributed by atoms with Gasteiger partial charge < -0.3 is 0 Å². The summed E-state index contributed by atoms with van der Waals surface area (Å²) in [4.78, 5) is 0.355. The summed E-state index contributed by atoms with van der Waals surface area (Å²) >= 11 is 3.42. The van der Waals surface area contributed by atoms with Crippen LogP contribution in [0.4, 0.5) is 0 Å². The Morgan fingerprint density at radius 3 is 2.40 bits per heavy atom. The Bertz CT molecular complexity index is 286. The van der Waals surface area contributed by atoms with Crippen LogP contribution < -0.4 is 0 Å². The molecule has 0 aromatic heterocycles. The van der Waals surface area contributed by atoms with Crippen LogP contribution in [0.2, 0.25) is 0 Å². The molecule has 1 unspecified atom stereocenters. The summed E-state index contributed by atoms with van der Waals surface area (Å²) in [7, 11) is -1.53. The van der Waals surface area contributed by atoms with Crippen molar-refractivity contribution in [3.8, 4) is 0 Å². The summed E-state index contributed by atoms with van der Waals surface area (Å²) in [5, 5.41) is 0. The molecule has 0 saturated carbocycles. The van der Waals surface area contributed by atoms with Crippen LogP contribution in [-0.4, -0.2) is 48.5 Å². The number of nitrogens with zero attached hydrogens (tertiary/aromatic N) is 2. The Kier molecular flexibility index (Phi) is 5.02. The third-order valence-electron chi connectivity index (χ3n) is 2.63. The van der Waals surface area contributed by atoms with Crippen molar-refractivity contribution in [2.24, 2.45) is 0 Å². The molecule has 4 nitrogen and oxygen atoms in total. The molecular weight excluding hydrogens is 280 g/mol. The third-order valence-corrected chi connectivity index (χ3v) is 5.07. The fourth-order valence-corrected chi connectivity index (χ4v) is 3.25. The zero-order valence-corrected chi connectivity index (χ0v) is 11.7. The van der Waals surface area contributed by atoms with Crippen LogP contribution >= 0.6 is 15.9 Å². The molecule has 0 amide bonds. The van der Waals surface area contributed by atoms with Gasteiger partial charge in [0.25, 0.3) is 10.2 Å². The van der Waals surface area contributed by atoms with Gasteiger partial charge in [0.2, 0.25) is 0 Å². The predicted octanol–water partition coefficient (Wildman–Crippen LogP) is 1.43. The summed E-state index contributed by atoms with van der Waals surface area (Å²) in [5.41, 5.74) is 0. The lowest BCUT2D eigenvalue weighted by atomic mass is 10.3. The summed E-state index contributed by atoms with van der Waals surface area (Å²) < 4.78 is 27.0. The molecule has 0 aromatic rings. The second-order valence-corrected chi connectivity index (χ2v) is 7.60. The maximum atomic E-state index is 12.0. The summed E-state index contributed by atoms with van der Waals surface area (Å²) in [6.45, 7) is 3.95. The molecule has 15 heavy (non-hydrogen) atoms. The van der Waals surface area contributed by atoms with Crippen molar-refractivity contribution in [3.05, 3.63) is 0 Å². The lowest BCUT2D eigenvalue weighted by Gasteiger charge is -2.23. The largest absolute Gasteiger partial charge is 0.281 e. The van der Waals surface area contributed by atoms with Gasteiger partial charge in [-0.1, -0.05) is 22.9 Å². The Morgan fingerprint density at radius 1 is 1.40 bits per heavy atom. The molecule has 0 radical (unpaired) electrons. The highest BCUT2D eigenvalue weighted by molar-refractivity contribution is 9.09. The van der Waals surface area contributed by atoms with E-state index in [4.69, 9.17) is 0 Å². The van der Waals surface area contributed by atoms with E-state index in [-0.39, 0.29) is 0 Å². The number of rotatable bonds is 5. The third kappa shape index (κ3) is 3.69. The molecule has 6 heteroatoms. The van der Waals surface area contributed by atoms with Crippen molar-refractivity contribution >= 4 is 26.1 Å². The van der Waals surface area contributed by atoms with E-state index >= 15 is 0 Å². The van der Waals surface area contributed by atoms with E-state index in [2.05, 4.69) is 15.9 Å². The molecule has 0 bridgehead atoms. The van der Waals surface area contributed by atoms with Gasteiger partial charge in [0.15, 0.2) is 0 Å². The average molecular weight is 299 g/mol. The van der Waals surface area contributed by atoms with Gasteiger partial charge in [-0.3, -0.25) is 0 Å². The molecule has 1 fully saturated rings. The SMILES string of the molecule is CC(Br)CCN(C)S(=O)(=O)N1CCCC1.